The summed E-state index contributed by atoms with van der Waals surface area (Å²) >= 11 is 3.55. The van der Waals surface area contributed by atoms with Gasteiger partial charge in [-0.1, -0.05) is 115 Å². The van der Waals surface area contributed by atoms with Crippen molar-refractivity contribution in [1.29, 1.82) is 0 Å². The highest BCUT2D eigenvalue weighted by atomic mass is 32.2. The Balaban J connectivity index is 1.19. The molecule has 6 aromatic rings. The summed E-state index contributed by atoms with van der Waals surface area (Å²) in [6.07, 6.45) is 7.95. The number of hydrogen-bond donors (Lipinski definition) is 2. The first-order valence-corrected chi connectivity index (χ1v) is 25.4. The Morgan fingerprint density at radius 3 is 2.03 bits per heavy atom. The van der Waals surface area contributed by atoms with Gasteiger partial charge in [0.25, 0.3) is 5.91 Å². The molecule has 2 N–H and O–H groups in total. The van der Waals surface area contributed by atoms with Crippen LogP contribution >= 0.6 is 23.5 Å². The van der Waals surface area contributed by atoms with Crippen LogP contribution in [0.1, 0.15) is 83.8 Å². The minimum Gasteiger partial charge on any atom is -0.443 e. The third-order valence-corrected chi connectivity index (χ3v) is 14.4. The molecule has 0 saturated carbocycles. The molecule has 2 amide bonds. The van der Waals surface area contributed by atoms with Gasteiger partial charge in [0.1, 0.15) is 11.4 Å². The first kappa shape index (κ1) is 49.2. The zero-order valence-electron chi connectivity index (χ0n) is 38.8. The van der Waals surface area contributed by atoms with E-state index in [4.69, 9.17) is 4.74 Å². The Kier molecular flexibility index (Phi) is 17.1. The Labute approximate surface area is 403 Å². The van der Waals surface area contributed by atoms with Crippen molar-refractivity contribution in [2.24, 2.45) is 0 Å². The molecule has 5 aromatic carbocycles. The smallest absolute Gasteiger partial charge is 0.414 e. The van der Waals surface area contributed by atoms with Crippen molar-refractivity contribution in [2.75, 3.05) is 30.0 Å². The number of nitrogens with one attached hydrogen (secondary N) is 2. The van der Waals surface area contributed by atoms with Crippen LogP contribution in [0.5, 0.6) is 0 Å². The Morgan fingerprint density at radius 2 is 1.45 bits per heavy atom. The number of nitrogens with zero attached hydrogens (tertiary/aromatic N) is 2. The summed E-state index contributed by atoms with van der Waals surface area (Å²) in [5, 5.41) is 7.03. The van der Waals surface area contributed by atoms with Crippen molar-refractivity contribution in [3.63, 3.8) is 0 Å². The number of Topliss-reactive ketones (excluding diaryl/α,β-unsaturated/α-hetero) is 1. The van der Waals surface area contributed by atoms with Gasteiger partial charge in [-0.05, 0) is 129 Å². The summed E-state index contributed by atoms with van der Waals surface area (Å²) in [5.74, 6) is -0.0780. The number of carbonyl (C=O) groups excluding carboxylic acids is 3. The maximum atomic E-state index is 14.6. The van der Waals surface area contributed by atoms with E-state index in [0.717, 1.165) is 23.1 Å². The summed E-state index contributed by atoms with van der Waals surface area (Å²) in [5.41, 5.74) is 6.28. The molecule has 11 heteroatoms. The average Bonchev–Trinajstić information content (AvgIpc) is 3.80. The maximum Gasteiger partial charge on any atom is 0.414 e. The van der Waals surface area contributed by atoms with Gasteiger partial charge in [0.05, 0.1) is 10.8 Å². The number of anilines is 1. The summed E-state index contributed by atoms with van der Waals surface area (Å²) < 4.78 is 19.4. The molecule has 0 aliphatic carbocycles. The number of hydrogen-bond acceptors (Lipinski definition) is 8. The monoisotopic (exact) mass is 936 g/mol. The van der Waals surface area contributed by atoms with Crippen molar-refractivity contribution < 1.29 is 23.5 Å². The number of rotatable bonds is 20. The highest BCUT2D eigenvalue weighted by molar-refractivity contribution is 8.01. The molecule has 348 valence electrons. The van der Waals surface area contributed by atoms with E-state index < -0.39 is 28.4 Å². The highest BCUT2D eigenvalue weighted by Crippen LogP contribution is 2.51. The summed E-state index contributed by atoms with van der Waals surface area (Å²) in [6.45, 7) is 6.54. The fourth-order valence-electron chi connectivity index (χ4n) is 8.67. The number of carbonyl (C=O) groups is 3. The van der Waals surface area contributed by atoms with Crippen LogP contribution in [0, 0.1) is 5.82 Å². The third-order valence-electron chi connectivity index (χ3n) is 12.0. The fraction of sp³-hybridized carbons (Fsp3) is 0.321. The lowest BCUT2D eigenvalue weighted by atomic mass is 9.84. The Hall–Kier alpha value is -5.75. The Morgan fingerprint density at radius 1 is 0.806 bits per heavy atom. The van der Waals surface area contributed by atoms with E-state index in [9.17, 15) is 18.8 Å². The summed E-state index contributed by atoms with van der Waals surface area (Å²) in [7, 11) is 0. The topological polar surface area (TPSA) is 101 Å². The second kappa shape index (κ2) is 23.3. The van der Waals surface area contributed by atoms with E-state index in [2.05, 4.69) is 107 Å². The van der Waals surface area contributed by atoms with Gasteiger partial charge in [0.15, 0.2) is 5.78 Å². The van der Waals surface area contributed by atoms with E-state index in [1.54, 1.807) is 47.3 Å². The number of benzene rings is 5. The molecule has 0 spiro atoms. The molecule has 1 aliphatic heterocycles. The summed E-state index contributed by atoms with van der Waals surface area (Å²) in [6, 6.07) is 46.8. The number of pyridine rings is 1. The van der Waals surface area contributed by atoms with Crippen molar-refractivity contribution in [1.82, 2.24) is 15.6 Å². The van der Waals surface area contributed by atoms with Crippen molar-refractivity contribution in [2.45, 2.75) is 87.0 Å². The predicted molar refractivity (Wildman–Crippen MR) is 273 cm³/mol. The molecule has 3 atom stereocenters. The molecule has 1 aromatic heterocycles. The van der Waals surface area contributed by atoms with Gasteiger partial charge in [-0.25, -0.2) is 9.18 Å². The lowest BCUT2D eigenvalue weighted by molar-refractivity contribution is -0.120. The normalized spacial score (nSPS) is 15.4. The quantitative estimate of drug-likeness (QED) is 0.0730. The molecule has 67 heavy (non-hydrogen) atoms. The van der Waals surface area contributed by atoms with Crippen LogP contribution < -0.4 is 15.5 Å². The Bertz CT molecular complexity index is 2430. The van der Waals surface area contributed by atoms with Crippen LogP contribution in [0.4, 0.5) is 14.9 Å². The number of amides is 2. The van der Waals surface area contributed by atoms with Gasteiger partial charge in [0, 0.05) is 54.4 Å². The van der Waals surface area contributed by atoms with Crippen LogP contribution in [0.15, 0.2) is 158 Å². The number of thioether (sulfide) groups is 2. The van der Waals surface area contributed by atoms with Gasteiger partial charge in [-0.15, -0.1) is 11.8 Å². The standard InChI is InChI=1S/C56H61FN4O4S2/c1-55(2,3)65-54(64)61(39-47-35-49(38-59-47)67-56(43-16-8-5-9-17-43,44-18-10-6-11-19-44)45-20-12-7-13-21-45)48-30-27-42(26-22-40-23-28-46(57)29-24-40)50(36-48)53(63)60-51(32-34-66-4)52(62)31-25-41-15-14-33-58-37-41/h5-21,23-24,27-30,33,36-37,47,49,51,59H,22,25-26,31-32,34-35,38-39H2,1-4H3,(H,60,63)/t47-,49-,51-/m0/s1. The maximum absolute atomic E-state index is 14.6. The van der Waals surface area contributed by atoms with Crippen molar-refractivity contribution in [3.8, 4) is 0 Å². The highest BCUT2D eigenvalue weighted by Gasteiger charge is 2.42. The van der Waals surface area contributed by atoms with Crippen LogP contribution in [-0.4, -0.2) is 70.8 Å². The zero-order valence-corrected chi connectivity index (χ0v) is 40.5. The van der Waals surface area contributed by atoms with Gasteiger partial charge < -0.3 is 15.4 Å². The van der Waals surface area contributed by atoms with Gasteiger partial charge in [-0.2, -0.15) is 11.8 Å². The molecule has 0 bridgehead atoms. The van der Waals surface area contributed by atoms with Crippen LogP contribution in [0.3, 0.4) is 0 Å². The summed E-state index contributed by atoms with van der Waals surface area (Å²) in [4.78, 5) is 48.7. The van der Waals surface area contributed by atoms with Gasteiger partial charge in [0.2, 0.25) is 0 Å². The molecule has 7 rings (SSSR count). The predicted octanol–water partition coefficient (Wildman–Crippen LogP) is 11.3. The van der Waals surface area contributed by atoms with E-state index in [1.807, 2.05) is 63.1 Å². The van der Waals surface area contributed by atoms with E-state index in [0.29, 0.717) is 55.8 Å². The molecule has 1 aliphatic rings. The zero-order chi connectivity index (χ0) is 47.2. The average molecular weight is 937 g/mol. The molecule has 1 fully saturated rings. The molecular weight excluding hydrogens is 876 g/mol. The minimum absolute atomic E-state index is 0.0544. The first-order valence-electron chi connectivity index (χ1n) is 23.1. The van der Waals surface area contributed by atoms with Crippen LogP contribution in [0.25, 0.3) is 0 Å². The van der Waals surface area contributed by atoms with Gasteiger partial charge in [-0.3, -0.25) is 19.5 Å². The van der Waals surface area contributed by atoms with Crippen LogP contribution in [0.2, 0.25) is 0 Å². The molecule has 0 unspecified atom stereocenters. The largest absolute Gasteiger partial charge is 0.443 e. The lowest BCUT2D eigenvalue weighted by Gasteiger charge is -2.37. The number of aryl methyl sites for hydroxylation is 3. The third kappa shape index (κ3) is 13.2. The number of aromatic nitrogens is 1. The van der Waals surface area contributed by atoms with Gasteiger partial charge >= 0.3 is 6.09 Å². The van der Waals surface area contributed by atoms with Crippen molar-refractivity contribution >= 4 is 47.0 Å². The molecule has 1 saturated heterocycles. The number of ether oxygens (including phenoxy) is 1. The van der Waals surface area contributed by atoms with E-state index in [1.165, 1.54) is 28.8 Å². The van der Waals surface area contributed by atoms with E-state index >= 15 is 0 Å². The molecule has 2 heterocycles. The SMILES string of the molecule is CSCC[C@H](NC(=O)c1cc(N(C[C@@H]2C[C@H](SC(c3ccccc3)(c3ccccc3)c3ccccc3)CN2)C(=O)OC(C)(C)C)ccc1CCc1ccc(F)cc1)C(=O)CCc1cccnc1. The number of ketones is 1. The lowest BCUT2D eigenvalue weighted by Crippen LogP contribution is -2.44. The minimum atomic E-state index is -0.784. The fourth-order valence-corrected chi connectivity index (χ4v) is 11.0. The number of halogens is 1. The molecule has 8 nitrogen and oxygen atoms in total. The first-order chi connectivity index (χ1) is 32.4. The van der Waals surface area contributed by atoms with Crippen LogP contribution in [-0.2, 0) is 33.5 Å². The molecular formula is C56H61FN4O4S2. The van der Waals surface area contributed by atoms with E-state index in [-0.39, 0.29) is 29.3 Å². The molecule has 0 radical (unpaired) electrons. The second-order valence-electron chi connectivity index (χ2n) is 18.1. The second-order valence-corrected chi connectivity index (χ2v) is 20.6. The van der Waals surface area contributed by atoms with Crippen molar-refractivity contribution in [3.05, 3.63) is 203 Å².